The van der Waals surface area contributed by atoms with Crippen LogP contribution in [0.25, 0.3) is 0 Å². The first-order valence-electron chi connectivity index (χ1n) is 9.07. The predicted molar refractivity (Wildman–Crippen MR) is 116 cm³/mol. The summed E-state index contributed by atoms with van der Waals surface area (Å²) in [7, 11) is -1.25. The monoisotopic (exact) mass is 543 g/mol. The van der Waals surface area contributed by atoms with Crippen molar-refractivity contribution in [1.29, 1.82) is 0 Å². The number of hydrogen-bond acceptors (Lipinski definition) is 4. The quantitative estimate of drug-likeness (QED) is 0.292. The topological polar surface area (TPSA) is 77.0 Å². The number of halogens is 4. The molecule has 12 heteroatoms. The summed E-state index contributed by atoms with van der Waals surface area (Å²) in [4.78, 5) is 6.66. The van der Waals surface area contributed by atoms with Gasteiger partial charge in [-0.3, -0.25) is 4.99 Å². The third-order valence-electron chi connectivity index (χ3n) is 4.94. The van der Waals surface area contributed by atoms with E-state index in [1.807, 2.05) is 21.0 Å². The van der Waals surface area contributed by atoms with Crippen LogP contribution in [0.2, 0.25) is 0 Å². The fraction of sp³-hybridized carbons (Fsp3) is 0.938. The Morgan fingerprint density at radius 3 is 2.14 bits per heavy atom. The molecule has 1 aliphatic heterocycles. The Hall–Kier alpha value is -0.340. The minimum Gasteiger partial charge on any atom is -0.357 e. The highest BCUT2D eigenvalue weighted by Crippen LogP contribution is 2.30. The van der Waals surface area contributed by atoms with Crippen molar-refractivity contribution in [3.8, 4) is 0 Å². The summed E-state index contributed by atoms with van der Waals surface area (Å²) < 4.78 is 61.3. The molecule has 1 heterocycles. The molecule has 0 spiro atoms. The molecule has 1 fully saturated rings. The summed E-state index contributed by atoms with van der Waals surface area (Å²) >= 11 is 0. The molecule has 0 bridgehead atoms. The Morgan fingerprint density at radius 1 is 1.18 bits per heavy atom. The maximum Gasteiger partial charge on any atom is 0.511 e. The second kappa shape index (κ2) is 11.2. The van der Waals surface area contributed by atoms with Gasteiger partial charge in [-0.25, -0.2) is 8.42 Å². The van der Waals surface area contributed by atoms with Gasteiger partial charge in [0.1, 0.15) is 0 Å². The van der Waals surface area contributed by atoms with Crippen LogP contribution in [-0.2, 0) is 10.0 Å². The molecule has 0 unspecified atom stereocenters. The lowest BCUT2D eigenvalue weighted by Crippen LogP contribution is -2.47. The van der Waals surface area contributed by atoms with Gasteiger partial charge in [0, 0.05) is 31.7 Å². The van der Waals surface area contributed by atoms with Crippen LogP contribution in [0.4, 0.5) is 13.2 Å². The first-order valence-corrected chi connectivity index (χ1v) is 10.5. The average Bonchev–Trinajstić information content (AvgIpc) is 2.56. The second-order valence-electron chi connectivity index (χ2n) is 7.58. The van der Waals surface area contributed by atoms with Gasteiger partial charge in [-0.05, 0) is 53.6 Å². The Labute approximate surface area is 183 Å². The van der Waals surface area contributed by atoms with E-state index in [1.54, 1.807) is 0 Å². The van der Waals surface area contributed by atoms with Gasteiger partial charge in [-0.2, -0.15) is 17.5 Å². The fourth-order valence-electron chi connectivity index (χ4n) is 2.50. The minimum absolute atomic E-state index is 0. The maximum absolute atomic E-state index is 12.6. The summed E-state index contributed by atoms with van der Waals surface area (Å²) in [5, 5.41) is 6.37. The summed E-state index contributed by atoms with van der Waals surface area (Å²) in [5.74, 6) is 0.744. The number of likely N-dealkylation sites (N-methyl/N-ethyl adjacent to an activating group) is 1. The van der Waals surface area contributed by atoms with E-state index in [0.717, 1.165) is 0 Å². The van der Waals surface area contributed by atoms with E-state index in [9.17, 15) is 21.6 Å². The van der Waals surface area contributed by atoms with Crippen molar-refractivity contribution in [1.82, 2.24) is 19.8 Å². The molecule has 2 N–H and O–H groups in total. The van der Waals surface area contributed by atoms with Crippen LogP contribution < -0.4 is 10.6 Å². The molecule has 0 amide bonds. The number of aliphatic imine (C=N–C) groups is 1. The largest absolute Gasteiger partial charge is 0.511 e. The number of nitrogens with one attached hydrogen (secondary N) is 2. The molecule has 0 saturated carbocycles. The van der Waals surface area contributed by atoms with Crippen LogP contribution in [0.15, 0.2) is 4.99 Å². The van der Waals surface area contributed by atoms with E-state index < -0.39 is 15.5 Å². The molecule has 0 radical (unpaired) electrons. The van der Waals surface area contributed by atoms with Gasteiger partial charge in [0.25, 0.3) is 0 Å². The zero-order valence-corrected chi connectivity index (χ0v) is 20.3. The van der Waals surface area contributed by atoms with Crippen molar-refractivity contribution in [2.75, 3.05) is 46.8 Å². The van der Waals surface area contributed by atoms with Crippen molar-refractivity contribution in [2.24, 2.45) is 10.9 Å². The Bertz CT molecular complexity index is 604. The van der Waals surface area contributed by atoms with E-state index in [1.165, 1.54) is 0 Å². The van der Waals surface area contributed by atoms with Gasteiger partial charge >= 0.3 is 15.5 Å². The molecule has 0 aromatic rings. The molecule has 28 heavy (non-hydrogen) atoms. The highest BCUT2D eigenvalue weighted by molar-refractivity contribution is 14.0. The number of piperidine rings is 1. The number of sulfonamides is 1. The third kappa shape index (κ3) is 7.82. The Kier molecular flexibility index (Phi) is 11.0. The number of hydrogen-bond donors (Lipinski definition) is 2. The molecular weight excluding hydrogens is 510 g/mol. The van der Waals surface area contributed by atoms with Crippen molar-refractivity contribution < 1.29 is 21.6 Å². The van der Waals surface area contributed by atoms with Crippen LogP contribution in [0.1, 0.15) is 33.6 Å². The van der Waals surface area contributed by atoms with Gasteiger partial charge in [-0.15, -0.1) is 24.0 Å². The molecule has 0 aromatic heterocycles. The summed E-state index contributed by atoms with van der Waals surface area (Å²) in [6, 6.07) is 0. The number of guanidine groups is 1. The molecule has 1 rings (SSSR count). The molecule has 1 saturated heterocycles. The van der Waals surface area contributed by atoms with Crippen LogP contribution in [-0.4, -0.2) is 81.4 Å². The summed E-state index contributed by atoms with van der Waals surface area (Å²) in [5.41, 5.74) is -5.35. The van der Waals surface area contributed by atoms with E-state index in [2.05, 4.69) is 34.4 Å². The van der Waals surface area contributed by atoms with Gasteiger partial charge in [0.05, 0.1) is 6.54 Å². The van der Waals surface area contributed by atoms with Crippen molar-refractivity contribution in [2.45, 2.75) is 44.7 Å². The lowest BCUT2D eigenvalue weighted by atomic mass is 9.98. The third-order valence-corrected chi connectivity index (χ3v) is 6.57. The zero-order valence-electron chi connectivity index (χ0n) is 17.1. The van der Waals surface area contributed by atoms with Crippen LogP contribution in [0.5, 0.6) is 0 Å². The van der Waals surface area contributed by atoms with E-state index in [-0.39, 0.29) is 48.5 Å². The zero-order chi connectivity index (χ0) is 20.9. The van der Waals surface area contributed by atoms with E-state index in [4.69, 9.17) is 0 Å². The number of rotatable bonds is 7. The van der Waals surface area contributed by atoms with Crippen LogP contribution in [0.3, 0.4) is 0 Å². The molecule has 0 aromatic carbocycles. The second-order valence-corrected chi connectivity index (χ2v) is 9.51. The Balaban J connectivity index is 0.00000729. The van der Waals surface area contributed by atoms with Gasteiger partial charge < -0.3 is 15.5 Å². The standard InChI is InChI=1S/C16H32F3N5O2S.HI/c1-6-20-14(22-12-15(2,3)23(4)5)21-11-13-7-9-24(10-8-13)27(25,26)16(17,18)19;/h13H,6-12H2,1-5H3,(H2,20,21,22);1H. The maximum atomic E-state index is 12.6. The van der Waals surface area contributed by atoms with E-state index in [0.29, 0.717) is 42.7 Å². The molecule has 168 valence electrons. The predicted octanol–water partition coefficient (Wildman–Crippen LogP) is 2.06. The minimum atomic E-state index is -5.23. The molecule has 0 atom stereocenters. The first-order chi connectivity index (χ1) is 12.3. The van der Waals surface area contributed by atoms with Crippen molar-refractivity contribution in [3.63, 3.8) is 0 Å². The van der Waals surface area contributed by atoms with Gasteiger partial charge in [-0.1, -0.05) is 0 Å². The van der Waals surface area contributed by atoms with Crippen LogP contribution >= 0.6 is 24.0 Å². The number of nitrogens with zero attached hydrogens (tertiary/aromatic N) is 3. The van der Waals surface area contributed by atoms with Gasteiger partial charge in [0.15, 0.2) is 5.96 Å². The normalized spacial score (nSPS) is 18.1. The highest BCUT2D eigenvalue weighted by atomic mass is 127. The lowest BCUT2D eigenvalue weighted by molar-refractivity contribution is -0.0496. The van der Waals surface area contributed by atoms with Crippen LogP contribution in [0, 0.1) is 5.92 Å². The molecule has 0 aliphatic carbocycles. The molecule has 7 nitrogen and oxygen atoms in total. The summed E-state index contributed by atoms with van der Waals surface area (Å²) in [6.45, 7) is 7.69. The average molecular weight is 543 g/mol. The molecule has 1 aliphatic rings. The number of alkyl halides is 3. The fourth-order valence-corrected chi connectivity index (χ4v) is 3.48. The van der Waals surface area contributed by atoms with Crippen molar-refractivity contribution in [3.05, 3.63) is 0 Å². The van der Waals surface area contributed by atoms with E-state index >= 15 is 0 Å². The van der Waals surface area contributed by atoms with Crippen molar-refractivity contribution >= 4 is 40.0 Å². The first kappa shape index (κ1) is 27.7. The SMILES string of the molecule is CCNC(=NCC(C)(C)N(C)C)NCC1CCN(S(=O)(=O)C(F)(F)F)CC1.I. The lowest BCUT2D eigenvalue weighted by Gasteiger charge is -2.32. The smallest absolute Gasteiger partial charge is 0.357 e. The summed E-state index contributed by atoms with van der Waals surface area (Å²) in [6.07, 6.45) is 0.760. The Morgan fingerprint density at radius 2 is 1.71 bits per heavy atom. The highest BCUT2D eigenvalue weighted by Gasteiger charge is 2.50. The molecular formula is C16H33F3IN5O2S. The van der Waals surface area contributed by atoms with Gasteiger partial charge in [0.2, 0.25) is 0 Å².